The molecule has 0 N–H and O–H groups in total. The van der Waals surface area contributed by atoms with Crippen LogP contribution in [0.4, 0.5) is 13.2 Å². The third-order valence-corrected chi connectivity index (χ3v) is 3.51. The van der Waals surface area contributed by atoms with Crippen LogP contribution in [0.3, 0.4) is 0 Å². The van der Waals surface area contributed by atoms with Gasteiger partial charge in [0, 0.05) is 13.1 Å². The molecule has 3 rings (SSSR count). The average Bonchev–Trinajstić information content (AvgIpc) is 3.03. The van der Waals surface area contributed by atoms with Crippen molar-refractivity contribution in [3.05, 3.63) is 11.6 Å². The summed E-state index contributed by atoms with van der Waals surface area (Å²) in [6, 6.07) is 0. The van der Waals surface area contributed by atoms with Crippen molar-refractivity contribution in [1.82, 2.24) is 29.0 Å². The van der Waals surface area contributed by atoms with Crippen molar-refractivity contribution in [1.29, 1.82) is 0 Å². The molecule has 0 fully saturated rings. The molecule has 3 heterocycles. The first-order chi connectivity index (χ1) is 9.49. The topological polar surface area (TPSA) is 76.8 Å². The Bertz CT molecular complexity index is 650. The highest BCUT2D eigenvalue weighted by atomic mass is 32.1. The fourth-order valence-electron chi connectivity index (χ4n) is 1.85. The average molecular weight is 304 g/mol. The molecule has 0 aromatic carbocycles. The van der Waals surface area contributed by atoms with E-state index in [0.29, 0.717) is 36.9 Å². The molecule has 20 heavy (non-hydrogen) atoms. The lowest BCUT2D eigenvalue weighted by Gasteiger charge is -2.23. The molecule has 0 atom stereocenters. The molecule has 0 aliphatic carbocycles. The van der Waals surface area contributed by atoms with Crippen LogP contribution in [0, 0.1) is 0 Å². The van der Waals surface area contributed by atoms with Gasteiger partial charge in [0.05, 0.1) is 6.54 Å². The van der Waals surface area contributed by atoms with E-state index in [-0.39, 0.29) is 17.4 Å². The minimum absolute atomic E-state index is 0.0654. The number of carbonyl (C=O) groups is 1. The Morgan fingerprint density at radius 1 is 1.25 bits per heavy atom. The van der Waals surface area contributed by atoms with Crippen LogP contribution in [0.2, 0.25) is 0 Å². The van der Waals surface area contributed by atoms with E-state index >= 15 is 0 Å². The summed E-state index contributed by atoms with van der Waals surface area (Å²) < 4.78 is 42.4. The Balaban J connectivity index is 1.95. The highest BCUT2D eigenvalue weighted by Gasteiger charge is 2.37. The van der Waals surface area contributed by atoms with Crippen LogP contribution < -0.4 is 0 Å². The molecule has 0 unspecified atom stereocenters. The van der Waals surface area contributed by atoms with Crippen molar-refractivity contribution in [2.45, 2.75) is 19.3 Å². The number of carbonyl (C=O) groups excluding carboxylic acids is 1. The zero-order valence-electron chi connectivity index (χ0n) is 9.83. The number of hydrogen-bond acceptors (Lipinski definition) is 6. The molecular formula is C9H7F3N6OS. The second kappa shape index (κ2) is 4.51. The number of hydrogen-bond donors (Lipinski definition) is 0. The molecule has 1 aliphatic heterocycles. The van der Waals surface area contributed by atoms with E-state index in [0.717, 1.165) is 0 Å². The third-order valence-electron chi connectivity index (χ3n) is 2.80. The summed E-state index contributed by atoms with van der Waals surface area (Å²) in [5, 5.41) is 7.78. The van der Waals surface area contributed by atoms with Crippen molar-refractivity contribution >= 4 is 17.9 Å². The smallest absolute Gasteiger partial charge is 0.336 e. The highest BCUT2D eigenvalue weighted by molar-refractivity contribution is 7.09. The van der Waals surface area contributed by atoms with Gasteiger partial charge in [0.2, 0.25) is 12.2 Å². The van der Waals surface area contributed by atoms with Crippen molar-refractivity contribution in [2.75, 3.05) is 6.54 Å². The molecule has 1 amide bonds. The number of alkyl halides is 3. The quantitative estimate of drug-likeness (QED) is 0.767. The minimum atomic E-state index is -4.58. The second-order valence-corrected chi connectivity index (χ2v) is 4.84. The van der Waals surface area contributed by atoms with Crippen molar-refractivity contribution in [3.63, 3.8) is 0 Å². The molecule has 106 valence electrons. The predicted molar refractivity (Wildman–Crippen MR) is 60.4 cm³/mol. The first kappa shape index (κ1) is 13.0. The number of rotatable bonds is 2. The van der Waals surface area contributed by atoms with E-state index in [1.807, 2.05) is 0 Å². The van der Waals surface area contributed by atoms with E-state index in [1.165, 1.54) is 4.90 Å². The lowest BCUT2D eigenvalue weighted by atomic mass is 10.3. The predicted octanol–water partition coefficient (Wildman–Crippen LogP) is 0.787. The lowest BCUT2D eigenvalue weighted by Crippen LogP contribution is -2.32. The molecule has 0 spiro atoms. The summed E-state index contributed by atoms with van der Waals surface area (Å²) in [4.78, 5) is 15.6. The number of aromatic nitrogens is 5. The maximum absolute atomic E-state index is 12.5. The van der Waals surface area contributed by atoms with Gasteiger partial charge in [-0.05, 0) is 11.5 Å². The zero-order valence-corrected chi connectivity index (χ0v) is 10.6. The van der Waals surface area contributed by atoms with Gasteiger partial charge < -0.3 is 9.47 Å². The first-order valence-corrected chi connectivity index (χ1v) is 6.29. The standard InChI is InChI=1S/C9H7F3N6OS/c10-9(11,12)8-13-7(20-16-8)6-15-14-5-3-17(4-19)1-2-18(5)6/h4H,1-3H2. The molecule has 7 nitrogen and oxygen atoms in total. The Kier molecular flexibility index (Phi) is 2.92. The van der Waals surface area contributed by atoms with E-state index in [2.05, 4.69) is 19.6 Å². The summed E-state index contributed by atoms with van der Waals surface area (Å²) >= 11 is 0.626. The maximum Gasteiger partial charge on any atom is 0.452 e. The lowest BCUT2D eigenvalue weighted by molar-refractivity contribution is -0.144. The van der Waals surface area contributed by atoms with Crippen LogP contribution in [-0.4, -0.2) is 42.0 Å². The van der Waals surface area contributed by atoms with Crippen LogP contribution in [0.15, 0.2) is 0 Å². The van der Waals surface area contributed by atoms with Gasteiger partial charge in [-0.15, -0.1) is 10.2 Å². The molecule has 0 saturated carbocycles. The third kappa shape index (κ3) is 2.13. The van der Waals surface area contributed by atoms with Crippen LogP contribution in [0.1, 0.15) is 11.6 Å². The van der Waals surface area contributed by atoms with Crippen LogP contribution >= 0.6 is 11.5 Å². The van der Waals surface area contributed by atoms with Gasteiger partial charge in [0.1, 0.15) is 0 Å². The SMILES string of the molecule is O=CN1CCn2c(nnc2-c2nc(C(F)(F)F)ns2)C1. The van der Waals surface area contributed by atoms with Crippen molar-refractivity contribution < 1.29 is 18.0 Å². The van der Waals surface area contributed by atoms with Crippen LogP contribution in [0.5, 0.6) is 0 Å². The molecule has 11 heteroatoms. The summed E-state index contributed by atoms with van der Waals surface area (Å²) in [5.74, 6) is -0.416. The van der Waals surface area contributed by atoms with Gasteiger partial charge in [0.15, 0.2) is 16.7 Å². The highest BCUT2D eigenvalue weighted by Crippen LogP contribution is 2.31. The fourth-order valence-corrected chi connectivity index (χ4v) is 2.53. The maximum atomic E-state index is 12.5. The van der Waals surface area contributed by atoms with Gasteiger partial charge >= 0.3 is 6.18 Å². The first-order valence-electron chi connectivity index (χ1n) is 5.52. The second-order valence-electron chi connectivity index (χ2n) is 4.09. The van der Waals surface area contributed by atoms with E-state index in [1.54, 1.807) is 4.57 Å². The summed E-state index contributed by atoms with van der Waals surface area (Å²) in [7, 11) is 0. The van der Waals surface area contributed by atoms with Gasteiger partial charge in [-0.3, -0.25) is 4.79 Å². The number of nitrogens with zero attached hydrogens (tertiary/aromatic N) is 6. The molecule has 0 bridgehead atoms. The van der Waals surface area contributed by atoms with Gasteiger partial charge in [0.25, 0.3) is 0 Å². The number of halogens is 3. The summed E-state index contributed by atoms with van der Waals surface area (Å²) in [6.07, 6.45) is -3.88. The molecule has 0 saturated heterocycles. The Hall–Kier alpha value is -2.04. The molecule has 2 aromatic rings. The number of amides is 1. The molecule has 1 aliphatic rings. The normalized spacial score (nSPS) is 15.2. The fraction of sp³-hybridized carbons (Fsp3) is 0.444. The molecule has 2 aromatic heterocycles. The van der Waals surface area contributed by atoms with Crippen molar-refractivity contribution in [3.8, 4) is 10.8 Å². The van der Waals surface area contributed by atoms with E-state index in [9.17, 15) is 18.0 Å². The van der Waals surface area contributed by atoms with Crippen molar-refractivity contribution in [2.24, 2.45) is 0 Å². The zero-order chi connectivity index (χ0) is 14.3. The number of fused-ring (bicyclic) bond motifs is 1. The largest absolute Gasteiger partial charge is 0.452 e. The summed E-state index contributed by atoms with van der Waals surface area (Å²) in [5.41, 5.74) is 0. The Morgan fingerprint density at radius 2 is 2.05 bits per heavy atom. The van der Waals surface area contributed by atoms with Gasteiger partial charge in [-0.25, -0.2) is 4.98 Å². The minimum Gasteiger partial charge on any atom is -0.336 e. The van der Waals surface area contributed by atoms with E-state index in [4.69, 9.17) is 0 Å². The van der Waals surface area contributed by atoms with Crippen LogP contribution in [-0.2, 0) is 24.1 Å². The van der Waals surface area contributed by atoms with Gasteiger partial charge in [-0.2, -0.15) is 17.5 Å². The molecular weight excluding hydrogens is 297 g/mol. The van der Waals surface area contributed by atoms with Crippen LogP contribution in [0.25, 0.3) is 10.8 Å². The van der Waals surface area contributed by atoms with E-state index < -0.39 is 12.0 Å². The summed E-state index contributed by atoms with van der Waals surface area (Å²) in [6.45, 7) is 1.14. The van der Waals surface area contributed by atoms with Gasteiger partial charge in [-0.1, -0.05) is 0 Å². The Labute approximate surface area is 114 Å². The molecule has 0 radical (unpaired) electrons. The Morgan fingerprint density at radius 3 is 2.70 bits per heavy atom. The monoisotopic (exact) mass is 304 g/mol.